The van der Waals surface area contributed by atoms with Crippen LogP contribution in [0.1, 0.15) is 11.1 Å². The Bertz CT molecular complexity index is 1840. The fourth-order valence-electron chi connectivity index (χ4n) is 5.41. The molecule has 0 aliphatic rings. The number of fused-ring (bicyclic) bond motifs is 4. The van der Waals surface area contributed by atoms with E-state index in [9.17, 15) is 0 Å². The first-order valence-corrected chi connectivity index (χ1v) is 12.5. The van der Waals surface area contributed by atoms with Gasteiger partial charge in [-0.3, -0.25) is 0 Å². The van der Waals surface area contributed by atoms with Crippen LogP contribution in [0.5, 0.6) is 0 Å². The number of para-hydroxylation sites is 2. The molecule has 0 atom stereocenters. The Labute approximate surface area is 210 Å². The number of benzene rings is 6. The monoisotopic (exact) mass is 459 g/mol. The molecule has 0 amide bonds. The molecular formula is C35H25N. The first kappa shape index (κ1) is 20.7. The van der Waals surface area contributed by atoms with Crippen molar-refractivity contribution in [3.8, 4) is 16.8 Å². The van der Waals surface area contributed by atoms with Gasteiger partial charge in [-0.05, 0) is 69.8 Å². The molecule has 0 saturated heterocycles. The highest BCUT2D eigenvalue weighted by Crippen LogP contribution is 2.35. The molecule has 0 bridgehead atoms. The molecule has 0 fully saturated rings. The summed E-state index contributed by atoms with van der Waals surface area (Å²) >= 11 is 0. The number of nitrogens with zero attached hydrogens (tertiary/aromatic N) is 1. The van der Waals surface area contributed by atoms with Crippen LogP contribution in [0.4, 0.5) is 0 Å². The van der Waals surface area contributed by atoms with Crippen molar-refractivity contribution in [2.24, 2.45) is 0 Å². The van der Waals surface area contributed by atoms with E-state index in [1.165, 1.54) is 60.5 Å². The van der Waals surface area contributed by atoms with Crippen LogP contribution in [0, 0.1) is 0 Å². The molecule has 0 N–H and O–H groups in total. The standard InChI is InChI=1S/C35H25N/c1-2-10-31(11-3-1)36-34-13-7-6-12-32(34)33-24-30(20-21-35(33)36)28-17-14-25(15-18-28)22-26-16-19-27-8-4-5-9-29(27)23-26/h1-21,23-24H,22H2. The zero-order valence-corrected chi connectivity index (χ0v) is 19.9. The van der Waals surface area contributed by atoms with Crippen LogP contribution < -0.4 is 0 Å². The molecule has 1 aromatic heterocycles. The summed E-state index contributed by atoms with van der Waals surface area (Å²) in [4.78, 5) is 0. The van der Waals surface area contributed by atoms with Crippen LogP contribution >= 0.6 is 0 Å². The second-order valence-corrected chi connectivity index (χ2v) is 9.48. The van der Waals surface area contributed by atoms with Gasteiger partial charge in [0, 0.05) is 16.5 Å². The second kappa shape index (κ2) is 8.55. The van der Waals surface area contributed by atoms with Gasteiger partial charge in [0.1, 0.15) is 0 Å². The number of hydrogen-bond acceptors (Lipinski definition) is 0. The van der Waals surface area contributed by atoms with E-state index in [4.69, 9.17) is 0 Å². The predicted molar refractivity (Wildman–Crippen MR) is 153 cm³/mol. The molecule has 7 aromatic rings. The summed E-state index contributed by atoms with van der Waals surface area (Å²) < 4.78 is 2.36. The molecule has 1 heteroatoms. The van der Waals surface area contributed by atoms with Gasteiger partial charge in [-0.2, -0.15) is 0 Å². The lowest BCUT2D eigenvalue weighted by molar-refractivity contribution is 1.18. The van der Waals surface area contributed by atoms with Crippen molar-refractivity contribution in [3.05, 3.63) is 151 Å². The minimum Gasteiger partial charge on any atom is -0.309 e. The molecule has 0 saturated carbocycles. The minimum absolute atomic E-state index is 0.939. The average molecular weight is 460 g/mol. The van der Waals surface area contributed by atoms with Gasteiger partial charge in [0.2, 0.25) is 0 Å². The fraction of sp³-hybridized carbons (Fsp3) is 0.0286. The van der Waals surface area contributed by atoms with Gasteiger partial charge in [0.05, 0.1) is 11.0 Å². The summed E-state index contributed by atoms with van der Waals surface area (Å²) in [5.41, 5.74) is 8.83. The normalized spacial score (nSPS) is 11.4. The SMILES string of the molecule is c1ccc(-n2c3ccccc3c3cc(-c4ccc(Cc5ccc6ccccc6c5)cc4)ccc32)cc1. The Kier molecular flexibility index (Phi) is 4.92. The summed E-state index contributed by atoms with van der Waals surface area (Å²) in [6.45, 7) is 0. The molecule has 0 unspecified atom stereocenters. The van der Waals surface area contributed by atoms with Crippen LogP contribution in [0.3, 0.4) is 0 Å². The Morgan fingerprint density at radius 3 is 1.94 bits per heavy atom. The summed E-state index contributed by atoms with van der Waals surface area (Å²) in [5, 5.41) is 5.16. The van der Waals surface area contributed by atoms with E-state index < -0.39 is 0 Å². The fourth-order valence-corrected chi connectivity index (χ4v) is 5.41. The highest BCUT2D eigenvalue weighted by Gasteiger charge is 2.12. The predicted octanol–water partition coefficient (Wildman–Crippen LogP) is 9.19. The third-order valence-corrected chi connectivity index (χ3v) is 7.20. The summed E-state index contributed by atoms with van der Waals surface area (Å²) in [6, 6.07) is 50.5. The molecule has 0 radical (unpaired) electrons. The van der Waals surface area contributed by atoms with Crippen LogP contribution in [-0.4, -0.2) is 4.57 Å². The Hall–Kier alpha value is -4.62. The Balaban J connectivity index is 1.25. The lowest BCUT2D eigenvalue weighted by atomic mass is 9.98. The van der Waals surface area contributed by atoms with Crippen molar-refractivity contribution in [2.75, 3.05) is 0 Å². The van der Waals surface area contributed by atoms with E-state index in [1.807, 2.05) is 0 Å². The lowest BCUT2D eigenvalue weighted by Crippen LogP contribution is -1.92. The molecule has 0 aliphatic carbocycles. The Morgan fingerprint density at radius 1 is 0.417 bits per heavy atom. The topological polar surface area (TPSA) is 4.93 Å². The van der Waals surface area contributed by atoms with Crippen molar-refractivity contribution in [1.82, 2.24) is 4.57 Å². The molecule has 170 valence electrons. The highest BCUT2D eigenvalue weighted by atomic mass is 15.0. The molecular weight excluding hydrogens is 434 g/mol. The highest BCUT2D eigenvalue weighted by molar-refractivity contribution is 6.10. The third-order valence-electron chi connectivity index (χ3n) is 7.20. The molecule has 36 heavy (non-hydrogen) atoms. The van der Waals surface area contributed by atoms with Gasteiger partial charge in [0.25, 0.3) is 0 Å². The van der Waals surface area contributed by atoms with E-state index in [1.54, 1.807) is 0 Å². The van der Waals surface area contributed by atoms with Crippen LogP contribution in [0.2, 0.25) is 0 Å². The van der Waals surface area contributed by atoms with E-state index >= 15 is 0 Å². The Morgan fingerprint density at radius 2 is 1.08 bits per heavy atom. The van der Waals surface area contributed by atoms with Crippen molar-refractivity contribution < 1.29 is 0 Å². The van der Waals surface area contributed by atoms with Crippen molar-refractivity contribution in [2.45, 2.75) is 6.42 Å². The van der Waals surface area contributed by atoms with Crippen LogP contribution in [0.25, 0.3) is 49.4 Å². The van der Waals surface area contributed by atoms with Gasteiger partial charge in [-0.25, -0.2) is 0 Å². The maximum atomic E-state index is 2.36. The van der Waals surface area contributed by atoms with E-state index in [0.717, 1.165) is 6.42 Å². The second-order valence-electron chi connectivity index (χ2n) is 9.48. The van der Waals surface area contributed by atoms with Crippen LogP contribution in [0.15, 0.2) is 140 Å². The van der Waals surface area contributed by atoms with Gasteiger partial charge >= 0.3 is 0 Å². The first-order chi connectivity index (χ1) is 17.8. The number of rotatable bonds is 4. The molecule has 0 aliphatic heterocycles. The third kappa shape index (κ3) is 3.57. The smallest absolute Gasteiger partial charge is 0.0541 e. The summed E-state index contributed by atoms with van der Waals surface area (Å²) in [6.07, 6.45) is 0.939. The van der Waals surface area contributed by atoms with Crippen molar-refractivity contribution in [1.29, 1.82) is 0 Å². The lowest BCUT2D eigenvalue weighted by Gasteiger charge is -2.09. The summed E-state index contributed by atoms with van der Waals surface area (Å²) in [5.74, 6) is 0. The number of hydrogen-bond donors (Lipinski definition) is 0. The maximum Gasteiger partial charge on any atom is 0.0541 e. The zero-order chi connectivity index (χ0) is 23.9. The zero-order valence-electron chi connectivity index (χ0n) is 19.9. The van der Waals surface area contributed by atoms with Crippen molar-refractivity contribution in [3.63, 3.8) is 0 Å². The van der Waals surface area contributed by atoms with E-state index in [2.05, 4.69) is 144 Å². The maximum absolute atomic E-state index is 2.36. The molecule has 7 rings (SSSR count). The molecule has 1 nitrogen and oxygen atoms in total. The van der Waals surface area contributed by atoms with Gasteiger partial charge in [-0.15, -0.1) is 0 Å². The van der Waals surface area contributed by atoms with Gasteiger partial charge < -0.3 is 4.57 Å². The minimum atomic E-state index is 0.939. The summed E-state index contributed by atoms with van der Waals surface area (Å²) in [7, 11) is 0. The van der Waals surface area contributed by atoms with Crippen molar-refractivity contribution >= 4 is 32.6 Å². The quantitative estimate of drug-likeness (QED) is 0.247. The molecule has 6 aromatic carbocycles. The average Bonchev–Trinajstić information content (AvgIpc) is 3.28. The molecule has 1 heterocycles. The van der Waals surface area contributed by atoms with Gasteiger partial charge in [-0.1, -0.05) is 109 Å². The van der Waals surface area contributed by atoms with E-state index in [-0.39, 0.29) is 0 Å². The van der Waals surface area contributed by atoms with Gasteiger partial charge in [0.15, 0.2) is 0 Å². The van der Waals surface area contributed by atoms with E-state index in [0.29, 0.717) is 0 Å². The number of aromatic nitrogens is 1. The largest absolute Gasteiger partial charge is 0.309 e. The van der Waals surface area contributed by atoms with Crippen LogP contribution in [-0.2, 0) is 6.42 Å². The first-order valence-electron chi connectivity index (χ1n) is 12.5. The molecule has 0 spiro atoms.